The number of hydrogen-bond acceptors (Lipinski definition) is 25. The van der Waals surface area contributed by atoms with Gasteiger partial charge in [-0.1, -0.05) is 23.7 Å². The smallest absolute Gasteiger partial charge is 0.291 e. The number of likely N-dealkylation sites (tertiary alicyclic amines) is 1. The normalized spacial score (nSPS) is 14.1. The number of hydrogen-bond donors (Lipinski definition) is 7. The number of amides is 9. The number of carbonyl (C=O) groups excluding carboxylic acids is 9. The number of nitrogens with zero attached hydrogens (tertiary/aromatic N) is 15. The minimum atomic E-state index is -0.637. The summed E-state index contributed by atoms with van der Waals surface area (Å²) in [4.78, 5) is 142. The second-order valence-electron chi connectivity index (χ2n) is 28.4. The van der Waals surface area contributed by atoms with Gasteiger partial charge in [-0.05, 0) is 50.6 Å². The summed E-state index contributed by atoms with van der Waals surface area (Å²) < 4.78 is 54.9. The maximum atomic E-state index is 13.9. The topological polar surface area (TPSA) is 428 Å². The van der Waals surface area contributed by atoms with Crippen LogP contribution in [0.3, 0.4) is 0 Å². The zero-order chi connectivity index (χ0) is 84.5. The van der Waals surface area contributed by atoms with Crippen molar-refractivity contribution in [2.75, 3.05) is 186 Å². The first-order chi connectivity index (χ1) is 57.4. The number of nitrogens with one attached hydrogen (secondary N) is 7. The average molecular weight is 1690 g/mol. The fraction of sp³-hybridized carbons (Fsp3) is 0.500. The first-order valence-electron chi connectivity index (χ1n) is 39.2. The van der Waals surface area contributed by atoms with Gasteiger partial charge in [0.25, 0.3) is 29.5 Å². The number of aliphatic imine (C=N–C) groups is 1. The van der Waals surface area contributed by atoms with Crippen molar-refractivity contribution in [3.05, 3.63) is 141 Å². The average Bonchev–Trinajstić information content (AvgIpc) is 1.59. The number of aromatic nitrogens is 11. The van der Waals surface area contributed by atoms with Gasteiger partial charge in [0.15, 0.2) is 23.3 Å². The fourth-order valence-electron chi connectivity index (χ4n) is 13.1. The van der Waals surface area contributed by atoms with Gasteiger partial charge in [-0.25, -0.2) is 15.0 Å². The highest BCUT2D eigenvalue weighted by Gasteiger charge is 2.35. The van der Waals surface area contributed by atoms with Crippen LogP contribution in [0.2, 0.25) is 5.02 Å². The van der Waals surface area contributed by atoms with E-state index in [2.05, 4.69) is 85.7 Å². The van der Waals surface area contributed by atoms with Gasteiger partial charge in [0.2, 0.25) is 35.3 Å². The van der Waals surface area contributed by atoms with E-state index in [0.29, 0.717) is 142 Å². The van der Waals surface area contributed by atoms with E-state index in [9.17, 15) is 43.2 Å². The van der Waals surface area contributed by atoms with Crippen molar-refractivity contribution in [2.45, 2.75) is 58.6 Å². The van der Waals surface area contributed by atoms with Gasteiger partial charge in [-0.15, -0.1) is 21.5 Å². The van der Waals surface area contributed by atoms with Crippen LogP contribution < -0.4 is 37.2 Å². The number of ether oxygens (including phenoxy) is 8. The molecule has 119 heavy (non-hydrogen) atoms. The number of anilines is 4. The van der Waals surface area contributed by atoms with Crippen LogP contribution in [-0.4, -0.2) is 297 Å². The Balaban J connectivity index is 0.440. The highest BCUT2D eigenvalue weighted by molar-refractivity contribution is 7.15. The van der Waals surface area contributed by atoms with Crippen molar-refractivity contribution in [3.63, 3.8) is 0 Å². The van der Waals surface area contributed by atoms with Crippen LogP contribution in [-0.2, 0) is 92.3 Å². The summed E-state index contributed by atoms with van der Waals surface area (Å²) >= 11 is 7.97. The lowest BCUT2D eigenvalue weighted by molar-refractivity contribution is -0.146. The molecule has 0 radical (unpaired) electrons. The van der Waals surface area contributed by atoms with Crippen molar-refractivity contribution in [2.24, 2.45) is 40.2 Å². The lowest BCUT2D eigenvalue weighted by Gasteiger charge is -2.39. The van der Waals surface area contributed by atoms with Crippen LogP contribution in [0.25, 0.3) is 5.00 Å². The Labute approximate surface area is 696 Å². The number of aryl methyl sites for hydroxylation is 7. The minimum Gasteiger partial charge on any atom is -0.378 e. The molecule has 7 N–H and O–H groups in total. The molecule has 3 aliphatic heterocycles. The standard InChI is InChI=1S/C78H103ClN22O17S/c1-50-51(2)119-78-67(50)68(53-9-11-54(79)12-10-53)86-58(69-92-91-52(3)101(69)78)43-66(105)99-23-21-98(22-24-99)25-26-111-27-28-112-29-30-113-31-32-114-33-34-115-35-36-116-37-38-117-39-40-118-57-46-100(47-57)65(104)15-18-83-75(108)71-89-61(48-96(71)7)87-63(102)13-16-82-74(107)60-42-56(45-95(60)6)85-77(110)72-90-62(49-97(72)8)88-64(103)14-17-81-73(106)59-41-55(44-94(59)5)84-76(109)70-80-19-20-93(70)4/h9-12,19-20,41-42,44-45,48-49,57-58H,13-18,21-40,43,46-47H2,1-8H3,(H,81,106)(H,82,107)(H,83,108)(H,84,109)(H,85,110)(H,87,102)(H,88,103)/t58-/m0/s1. The van der Waals surface area contributed by atoms with Gasteiger partial charge < -0.3 is 108 Å². The number of thiophene rings is 1. The van der Waals surface area contributed by atoms with Crippen molar-refractivity contribution < 1.29 is 81.0 Å². The molecule has 0 spiro atoms. The van der Waals surface area contributed by atoms with E-state index in [1.807, 2.05) is 36.1 Å². The molecule has 8 aromatic rings. The predicted octanol–water partition coefficient (Wildman–Crippen LogP) is 3.40. The molecule has 41 heteroatoms. The van der Waals surface area contributed by atoms with Crippen molar-refractivity contribution in [1.29, 1.82) is 0 Å². The van der Waals surface area contributed by atoms with Crippen LogP contribution in [0.1, 0.15) is 118 Å². The third kappa shape index (κ3) is 25.1. The van der Waals surface area contributed by atoms with Crippen LogP contribution in [0.4, 0.5) is 23.0 Å². The lowest BCUT2D eigenvalue weighted by atomic mass is 9.99. The monoisotopic (exact) mass is 1690 g/mol. The Hall–Kier alpha value is -10.9. The molecule has 0 aliphatic carbocycles. The zero-order valence-electron chi connectivity index (χ0n) is 68.0. The van der Waals surface area contributed by atoms with Gasteiger partial charge in [-0.2, -0.15) is 0 Å². The first-order valence-corrected chi connectivity index (χ1v) is 40.4. The largest absolute Gasteiger partial charge is 0.378 e. The maximum absolute atomic E-state index is 13.9. The Bertz CT molecular complexity index is 4850. The molecule has 39 nitrogen and oxygen atoms in total. The number of benzene rings is 1. The molecule has 2 fully saturated rings. The number of piperazine rings is 1. The summed E-state index contributed by atoms with van der Waals surface area (Å²) in [6, 6.07) is 10.1. The van der Waals surface area contributed by atoms with Gasteiger partial charge in [0, 0.05) is 178 Å². The minimum absolute atomic E-state index is 0.00422. The molecule has 1 atom stereocenters. The highest BCUT2D eigenvalue weighted by atomic mass is 35.5. The second-order valence-corrected chi connectivity index (χ2v) is 30.0. The molecule has 11 rings (SSSR count). The van der Waals surface area contributed by atoms with E-state index in [1.54, 1.807) is 68.4 Å². The molecule has 0 unspecified atom stereocenters. The predicted molar refractivity (Wildman–Crippen MR) is 437 cm³/mol. The van der Waals surface area contributed by atoms with Gasteiger partial charge in [-0.3, -0.25) is 57.6 Å². The number of rotatable bonds is 46. The molecular formula is C78H103ClN22O17S. The molecule has 9 amide bonds. The van der Waals surface area contributed by atoms with Crippen LogP contribution in [0.5, 0.6) is 0 Å². The van der Waals surface area contributed by atoms with E-state index in [4.69, 9.17) is 54.5 Å². The van der Waals surface area contributed by atoms with Crippen molar-refractivity contribution >= 4 is 105 Å². The fourth-order valence-corrected chi connectivity index (χ4v) is 14.5. The zero-order valence-corrected chi connectivity index (χ0v) is 69.6. The van der Waals surface area contributed by atoms with Crippen LogP contribution in [0, 0.1) is 20.8 Å². The molecule has 0 saturated carbocycles. The Morgan fingerprint density at radius 1 is 0.513 bits per heavy atom. The van der Waals surface area contributed by atoms with E-state index in [-0.39, 0.29) is 109 Å². The van der Waals surface area contributed by atoms with E-state index >= 15 is 0 Å². The number of carbonyl (C=O) groups is 9. The Morgan fingerprint density at radius 3 is 1.52 bits per heavy atom. The Morgan fingerprint density at radius 2 is 1.00 bits per heavy atom. The molecule has 10 heterocycles. The van der Waals surface area contributed by atoms with Gasteiger partial charge in [0.1, 0.15) is 28.3 Å². The third-order valence-electron chi connectivity index (χ3n) is 19.6. The molecule has 0 bridgehead atoms. The van der Waals surface area contributed by atoms with Crippen LogP contribution >= 0.6 is 22.9 Å². The quantitative estimate of drug-likeness (QED) is 0.0269. The second kappa shape index (κ2) is 43.7. The lowest BCUT2D eigenvalue weighted by Crippen LogP contribution is -2.55. The van der Waals surface area contributed by atoms with E-state index in [0.717, 1.165) is 52.9 Å². The third-order valence-corrected chi connectivity index (χ3v) is 21.1. The van der Waals surface area contributed by atoms with Crippen LogP contribution in [0.15, 0.2) is 78.6 Å². The molecule has 3 aliphatic rings. The SMILES string of the molecule is Cc1sc2c(c1C)C(c1ccc(Cl)cc1)=N[C@@H](CC(=O)N1CCN(CCOCCOCCOCCOCCOCCOCCOCCOC3CN(C(=O)CCNC(=O)c4nc(NC(=O)CCNC(=O)c5cc(NC(=O)c6nc(NC(=O)CCNC(=O)c7cc(NC(=O)c8nccn8C)cn7C)cn6C)cn5C)cn4C)C3)CC1)c1nnc(C)n1-2. The molecule has 1 aromatic carbocycles. The summed E-state index contributed by atoms with van der Waals surface area (Å²) in [7, 11) is 8.07. The van der Waals surface area contributed by atoms with Gasteiger partial charge >= 0.3 is 0 Å². The molecule has 640 valence electrons. The summed E-state index contributed by atoms with van der Waals surface area (Å²) in [5, 5.41) is 29.3. The van der Waals surface area contributed by atoms with E-state index < -0.39 is 47.4 Å². The number of imidazole rings is 3. The van der Waals surface area contributed by atoms with Gasteiger partial charge in [0.05, 0.1) is 129 Å². The number of fused-ring (bicyclic) bond motifs is 3. The Kier molecular flexibility index (Phi) is 32.6. The molecule has 2 saturated heterocycles. The first kappa shape index (κ1) is 88.9. The molecular weight excluding hydrogens is 1580 g/mol. The highest BCUT2D eigenvalue weighted by Crippen LogP contribution is 2.40. The maximum Gasteiger partial charge on any atom is 0.291 e. The summed E-state index contributed by atoms with van der Waals surface area (Å²) in [5.41, 5.74) is 5.01. The van der Waals surface area contributed by atoms with E-state index in [1.165, 1.54) is 60.1 Å². The number of halogens is 1. The molecule has 7 aromatic heterocycles. The summed E-state index contributed by atoms with van der Waals surface area (Å²) in [5.74, 6) is -1.95. The van der Waals surface area contributed by atoms with Crippen molar-refractivity contribution in [3.8, 4) is 5.00 Å². The summed E-state index contributed by atoms with van der Waals surface area (Å²) in [6.45, 7) is 16.9. The summed E-state index contributed by atoms with van der Waals surface area (Å²) in [6.07, 6.45) is 8.98. The van der Waals surface area contributed by atoms with Crippen molar-refractivity contribution in [1.82, 2.24) is 83.2 Å².